The smallest absolute Gasteiger partial charge is 0.269 e. The van der Waals surface area contributed by atoms with E-state index in [0.29, 0.717) is 28.6 Å². The Labute approximate surface area is 209 Å². The minimum atomic E-state index is -0.549. The Morgan fingerprint density at radius 1 is 1.09 bits per heavy atom. The number of hydrogen-bond donors (Lipinski definition) is 1. The number of carbonyl (C=O) groups excluding carboxylic acids is 2. The van der Waals surface area contributed by atoms with Gasteiger partial charge >= 0.3 is 0 Å². The number of ether oxygens (including phenoxy) is 1. The highest BCUT2D eigenvalue weighted by Crippen LogP contribution is 2.43. The molecule has 1 atom stereocenters. The van der Waals surface area contributed by atoms with Crippen LogP contribution in [-0.2, 0) is 16.0 Å². The van der Waals surface area contributed by atoms with Gasteiger partial charge in [0.25, 0.3) is 5.91 Å². The Morgan fingerprint density at radius 2 is 1.83 bits per heavy atom. The maximum atomic E-state index is 13.7. The minimum Gasteiger partial charge on any atom is -0.497 e. The first-order chi connectivity index (χ1) is 16.9. The van der Waals surface area contributed by atoms with E-state index in [-0.39, 0.29) is 11.5 Å². The summed E-state index contributed by atoms with van der Waals surface area (Å²) in [5.41, 5.74) is 4.01. The number of thioether (sulfide) groups is 1. The van der Waals surface area contributed by atoms with Crippen LogP contribution in [0.5, 0.6) is 5.75 Å². The van der Waals surface area contributed by atoms with Crippen LogP contribution in [0, 0.1) is 25.2 Å². The number of para-hydroxylation sites is 1. The van der Waals surface area contributed by atoms with Crippen LogP contribution in [0.1, 0.15) is 16.7 Å². The molecule has 1 aliphatic rings. The molecule has 7 heteroatoms. The molecule has 0 aromatic heterocycles. The summed E-state index contributed by atoms with van der Waals surface area (Å²) in [5, 5.41) is 12.6. The average molecular weight is 484 g/mol. The van der Waals surface area contributed by atoms with Crippen molar-refractivity contribution in [1.29, 1.82) is 5.26 Å². The van der Waals surface area contributed by atoms with E-state index in [9.17, 15) is 14.9 Å². The van der Waals surface area contributed by atoms with Gasteiger partial charge in [-0.2, -0.15) is 5.26 Å². The lowest BCUT2D eigenvalue weighted by atomic mass is 10.1. The second-order valence-electron chi connectivity index (χ2n) is 8.23. The van der Waals surface area contributed by atoms with Crippen molar-refractivity contribution in [2.24, 2.45) is 0 Å². The summed E-state index contributed by atoms with van der Waals surface area (Å²) >= 11 is 1.24. The van der Waals surface area contributed by atoms with E-state index in [2.05, 4.69) is 11.4 Å². The molecule has 1 aliphatic heterocycles. The molecule has 0 unspecified atom stereocenters. The van der Waals surface area contributed by atoms with Gasteiger partial charge in [0.15, 0.2) is 0 Å². The van der Waals surface area contributed by atoms with Crippen LogP contribution in [0.25, 0.3) is 0 Å². The zero-order valence-corrected chi connectivity index (χ0v) is 20.6. The molecular formula is C28H25N3O3S. The third-order valence-corrected chi connectivity index (χ3v) is 6.99. The fraction of sp³-hybridized carbons (Fsp3) is 0.179. The van der Waals surface area contributed by atoms with Crippen LogP contribution >= 0.6 is 11.8 Å². The van der Waals surface area contributed by atoms with Gasteiger partial charge in [0.2, 0.25) is 5.91 Å². The van der Waals surface area contributed by atoms with Gasteiger partial charge in [-0.15, -0.1) is 0 Å². The number of anilines is 2. The summed E-state index contributed by atoms with van der Waals surface area (Å²) in [6.45, 7) is 3.86. The summed E-state index contributed by atoms with van der Waals surface area (Å²) < 4.78 is 5.32. The van der Waals surface area contributed by atoms with Crippen molar-refractivity contribution >= 4 is 35.0 Å². The number of hydrogen-bond acceptors (Lipinski definition) is 5. The molecule has 0 saturated carbocycles. The highest BCUT2D eigenvalue weighted by Gasteiger charge is 2.41. The highest BCUT2D eigenvalue weighted by molar-refractivity contribution is 8.05. The molecule has 0 aliphatic carbocycles. The zero-order chi connectivity index (χ0) is 24.9. The molecule has 6 nitrogen and oxygen atoms in total. The van der Waals surface area contributed by atoms with Crippen molar-refractivity contribution in [3.63, 3.8) is 0 Å². The first kappa shape index (κ1) is 24.1. The van der Waals surface area contributed by atoms with E-state index in [1.165, 1.54) is 16.7 Å². The Bertz CT molecular complexity index is 1340. The van der Waals surface area contributed by atoms with Crippen molar-refractivity contribution in [3.8, 4) is 11.8 Å². The molecule has 1 fully saturated rings. The number of nitrogens with one attached hydrogen (secondary N) is 1. The Hall–Kier alpha value is -4.02. The van der Waals surface area contributed by atoms with Crippen molar-refractivity contribution in [3.05, 3.63) is 100 Å². The fourth-order valence-electron chi connectivity index (χ4n) is 3.86. The SMILES string of the molecule is COc1cccc(C[C@@H]2S/C(=C(/C#N)C(=O)Nc3ccc(C)cc3)N(c3ccccc3C)C2=O)c1. The van der Waals surface area contributed by atoms with Crippen LogP contribution in [0.2, 0.25) is 0 Å². The molecule has 0 bridgehead atoms. The Morgan fingerprint density at radius 3 is 2.51 bits per heavy atom. The summed E-state index contributed by atoms with van der Waals surface area (Å²) in [6.07, 6.45) is 0.435. The Balaban J connectivity index is 1.73. The number of rotatable bonds is 6. The summed E-state index contributed by atoms with van der Waals surface area (Å²) in [4.78, 5) is 28.4. The molecule has 35 heavy (non-hydrogen) atoms. The zero-order valence-electron chi connectivity index (χ0n) is 19.7. The van der Waals surface area contributed by atoms with E-state index in [1.54, 1.807) is 19.2 Å². The quantitative estimate of drug-likeness (QED) is 0.376. The summed E-state index contributed by atoms with van der Waals surface area (Å²) in [5.74, 6) is -0.00932. The second kappa shape index (κ2) is 10.5. The molecule has 2 amide bonds. The normalized spacial score (nSPS) is 16.6. The third-order valence-electron chi connectivity index (χ3n) is 5.73. The van der Waals surface area contributed by atoms with E-state index >= 15 is 0 Å². The van der Waals surface area contributed by atoms with Gasteiger partial charge in [0, 0.05) is 5.69 Å². The van der Waals surface area contributed by atoms with Gasteiger partial charge in [-0.1, -0.05) is 59.8 Å². The van der Waals surface area contributed by atoms with Gasteiger partial charge in [0.1, 0.15) is 22.4 Å². The van der Waals surface area contributed by atoms with Crippen molar-refractivity contribution < 1.29 is 14.3 Å². The summed E-state index contributed by atoms with van der Waals surface area (Å²) in [7, 11) is 1.60. The standard InChI is InChI=1S/C28H25N3O3S/c1-18-11-13-21(14-12-18)30-26(32)23(17-29)28-31(24-10-5-4-7-19(24)2)27(33)25(35-28)16-20-8-6-9-22(15-20)34-3/h4-15,25H,16H2,1-3H3,(H,30,32)/b28-23-/t25-/m0/s1. The molecule has 4 rings (SSSR count). The molecule has 0 radical (unpaired) electrons. The number of carbonyl (C=O) groups is 2. The topological polar surface area (TPSA) is 82.4 Å². The lowest BCUT2D eigenvalue weighted by Gasteiger charge is -2.20. The van der Waals surface area contributed by atoms with E-state index in [0.717, 1.165) is 16.7 Å². The van der Waals surface area contributed by atoms with E-state index in [1.807, 2.05) is 74.5 Å². The molecule has 1 N–H and O–H groups in total. The fourth-order valence-corrected chi connectivity index (χ4v) is 5.17. The first-order valence-corrected chi connectivity index (χ1v) is 12.0. The van der Waals surface area contributed by atoms with Gasteiger partial charge in [-0.05, 0) is 61.7 Å². The molecule has 3 aromatic carbocycles. The lowest BCUT2D eigenvalue weighted by Crippen LogP contribution is -2.31. The van der Waals surface area contributed by atoms with Gasteiger partial charge in [-0.25, -0.2) is 0 Å². The number of methoxy groups -OCH3 is 1. The minimum absolute atomic E-state index is 0.0969. The molecule has 1 saturated heterocycles. The second-order valence-corrected chi connectivity index (χ2v) is 9.43. The number of amides is 2. The van der Waals surface area contributed by atoms with Crippen LogP contribution in [0.3, 0.4) is 0 Å². The largest absolute Gasteiger partial charge is 0.497 e. The molecule has 3 aromatic rings. The average Bonchev–Trinajstić information content (AvgIpc) is 3.16. The highest BCUT2D eigenvalue weighted by atomic mass is 32.2. The van der Waals surface area contributed by atoms with Crippen molar-refractivity contribution in [2.45, 2.75) is 25.5 Å². The Kier molecular flexibility index (Phi) is 7.23. The molecule has 1 heterocycles. The number of nitriles is 1. The molecule has 176 valence electrons. The van der Waals surface area contributed by atoms with Crippen molar-refractivity contribution in [2.75, 3.05) is 17.3 Å². The van der Waals surface area contributed by atoms with Gasteiger partial charge < -0.3 is 10.1 Å². The van der Waals surface area contributed by atoms with Crippen LogP contribution < -0.4 is 15.0 Å². The molecule has 0 spiro atoms. The summed E-state index contributed by atoms with van der Waals surface area (Å²) in [6, 6.07) is 24.4. The van der Waals surface area contributed by atoms with Crippen molar-refractivity contribution in [1.82, 2.24) is 0 Å². The number of aryl methyl sites for hydroxylation is 2. The predicted molar refractivity (Wildman–Crippen MR) is 139 cm³/mol. The lowest BCUT2D eigenvalue weighted by molar-refractivity contribution is -0.117. The number of benzene rings is 3. The predicted octanol–water partition coefficient (Wildman–Crippen LogP) is 5.38. The monoisotopic (exact) mass is 483 g/mol. The maximum Gasteiger partial charge on any atom is 0.269 e. The van der Waals surface area contributed by atoms with E-state index < -0.39 is 11.2 Å². The van der Waals surface area contributed by atoms with Gasteiger partial charge in [0.05, 0.1) is 18.0 Å². The third kappa shape index (κ3) is 5.23. The van der Waals surface area contributed by atoms with E-state index in [4.69, 9.17) is 4.74 Å². The van der Waals surface area contributed by atoms with Crippen LogP contribution in [0.15, 0.2) is 83.4 Å². The molecular weight excluding hydrogens is 458 g/mol. The van der Waals surface area contributed by atoms with Gasteiger partial charge in [-0.3, -0.25) is 14.5 Å². The number of nitrogens with zero attached hydrogens (tertiary/aromatic N) is 2. The first-order valence-electron chi connectivity index (χ1n) is 11.1. The maximum absolute atomic E-state index is 13.7. The van der Waals surface area contributed by atoms with Crippen LogP contribution in [-0.4, -0.2) is 24.2 Å². The van der Waals surface area contributed by atoms with Crippen LogP contribution in [0.4, 0.5) is 11.4 Å².